The van der Waals surface area contributed by atoms with Crippen LogP contribution in [0.25, 0.3) is 0 Å². The first-order valence-electron chi connectivity index (χ1n) is 6.55. The molecule has 0 heterocycles. The third-order valence-corrected chi connectivity index (χ3v) is 4.66. The Hall–Kier alpha value is -2.43. The van der Waals surface area contributed by atoms with Gasteiger partial charge in [-0.05, 0) is 36.1 Å². The number of rotatable bonds is 6. The Morgan fingerprint density at radius 2 is 1.92 bits per heavy atom. The lowest BCUT2D eigenvalue weighted by molar-refractivity contribution is -0.384. The molecule has 0 unspecified atom stereocenters. The molecule has 2 rings (SSSR count). The van der Waals surface area contributed by atoms with Gasteiger partial charge in [-0.3, -0.25) is 15.5 Å². The Bertz CT molecular complexity index is 880. The van der Waals surface area contributed by atoms with Gasteiger partial charge >= 0.3 is 0 Å². The van der Waals surface area contributed by atoms with Crippen LogP contribution in [0.4, 0.5) is 11.4 Å². The summed E-state index contributed by atoms with van der Waals surface area (Å²) in [5.74, 6) is 0. The zero-order chi connectivity index (χ0) is 17.7. The lowest BCUT2D eigenvalue weighted by Crippen LogP contribution is -2.12. The molecular formula is C14H14N4O4S2. The minimum Gasteiger partial charge on any atom is -0.272 e. The molecule has 24 heavy (non-hydrogen) atoms. The van der Waals surface area contributed by atoms with E-state index in [0.29, 0.717) is 0 Å². The smallest absolute Gasteiger partial charge is 0.272 e. The zero-order valence-electron chi connectivity index (χ0n) is 12.5. The number of nitrogens with two attached hydrogens (primary N) is 1. The largest absolute Gasteiger partial charge is 0.295 e. The third kappa shape index (κ3) is 4.54. The predicted molar refractivity (Wildman–Crippen MR) is 93.9 cm³/mol. The number of sulfonamides is 1. The van der Waals surface area contributed by atoms with Crippen molar-refractivity contribution >= 4 is 39.4 Å². The Morgan fingerprint density at radius 1 is 1.25 bits per heavy atom. The second kappa shape index (κ2) is 7.43. The Kier molecular flexibility index (Phi) is 5.54. The highest BCUT2D eigenvalue weighted by Gasteiger charge is 2.18. The standard InChI is InChI=1S/C14H14N4O4S2/c1-23-11-4-2-10(3-5-11)9-16-17-13-7-6-12(24(15,21)22)8-14(13)18(19)20/h2-9,17H,1H3,(H2,15,21,22). The van der Waals surface area contributed by atoms with Crippen molar-refractivity contribution in [3.8, 4) is 0 Å². The van der Waals surface area contributed by atoms with Crippen LogP contribution < -0.4 is 10.6 Å². The molecule has 0 aromatic heterocycles. The second-order valence-corrected chi connectivity index (χ2v) is 7.07. The summed E-state index contributed by atoms with van der Waals surface area (Å²) < 4.78 is 22.5. The quantitative estimate of drug-likeness (QED) is 0.350. The van der Waals surface area contributed by atoms with Crippen molar-refractivity contribution in [3.63, 3.8) is 0 Å². The van der Waals surface area contributed by atoms with E-state index < -0.39 is 20.6 Å². The van der Waals surface area contributed by atoms with E-state index in [2.05, 4.69) is 10.5 Å². The fraction of sp³-hybridized carbons (Fsp3) is 0.0714. The average Bonchev–Trinajstić information content (AvgIpc) is 2.54. The second-order valence-electron chi connectivity index (χ2n) is 4.62. The van der Waals surface area contributed by atoms with Gasteiger partial charge in [0.05, 0.1) is 16.0 Å². The Labute approximate surface area is 143 Å². The van der Waals surface area contributed by atoms with Crippen molar-refractivity contribution in [3.05, 3.63) is 58.1 Å². The van der Waals surface area contributed by atoms with Crippen LogP contribution >= 0.6 is 11.8 Å². The summed E-state index contributed by atoms with van der Waals surface area (Å²) in [5.41, 5.74) is 2.97. The van der Waals surface area contributed by atoms with Crippen LogP contribution in [0.5, 0.6) is 0 Å². The monoisotopic (exact) mass is 366 g/mol. The molecule has 126 valence electrons. The molecule has 10 heteroatoms. The minimum absolute atomic E-state index is 0.0596. The molecule has 0 aliphatic carbocycles. The summed E-state index contributed by atoms with van der Waals surface area (Å²) in [6.07, 6.45) is 3.47. The molecule has 8 nitrogen and oxygen atoms in total. The van der Waals surface area contributed by atoms with Crippen LogP contribution in [0.15, 0.2) is 57.4 Å². The minimum atomic E-state index is -4.02. The predicted octanol–water partition coefficient (Wildman–Crippen LogP) is 2.41. The van der Waals surface area contributed by atoms with Crippen LogP contribution in [-0.2, 0) is 10.0 Å². The molecule has 0 atom stereocenters. The maximum Gasteiger partial charge on any atom is 0.295 e. The van der Waals surface area contributed by atoms with E-state index >= 15 is 0 Å². The van der Waals surface area contributed by atoms with Gasteiger partial charge in [0.15, 0.2) is 0 Å². The van der Waals surface area contributed by atoms with Gasteiger partial charge in [0.2, 0.25) is 10.0 Å². The third-order valence-electron chi connectivity index (χ3n) is 3.01. The molecular weight excluding hydrogens is 352 g/mol. The Balaban J connectivity index is 2.22. The van der Waals surface area contributed by atoms with Crippen molar-refractivity contribution in [1.29, 1.82) is 0 Å². The van der Waals surface area contributed by atoms with Crippen LogP contribution in [0.1, 0.15) is 5.56 Å². The molecule has 0 radical (unpaired) electrons. The van der Waals surface area contributed by atoms with Gasteiger partial charge in [-0.2, -0.15) is 5.10 Å². The number of thioether (sulfide) groups is 1. The maximum atomic E-state index is 11.3. The van der Waals surface area contributed by atoms with Gasteiger partial charge in [0.1, 0.15) is 5.69 Å². The van der Waals surface area contributed by atoms with Crippen LogP contribution in [0.2, 0.25) is 0 Å². The van der Waals surface area contributed by atoms with E-state index in [9.17, 15) is 18.5 Å². The van der Waals surface area contributed by atoms with E-state index in [0.717, 1.165) is 16.5 Å². The average molecular weight is 366 g/mol. The van der Waals surface area contributed by atoms with Crippen molar-refractivity contribution < 1.29 is 13.3 Å². The van der Waals surface area contributed by atoms with Gasteiger partial charge < -0.3 is 0 Å². The number of nitro benzene ring substituents is 1. The van der Waals surface area contributed by atoms with E-state index in [1.807, 2.05) is 30.5 Å². The summed E-state index contributed by atoms with van der Waals surface area (Å²) in [7, 11) is -4.02. The summed E-state index contributed by atoms with van der Waals surface area (Å²) in [5, 5.41) is 20.0. The van der Waals surface area contributed by atoms with Crippen LogP contribution in [0, 0.1) is 10.1 Å². The van der Waals surface area contributed by atoms with Gasteiger partial charge in [-0.25, -0.2) is 13.6 Å². The van der Waals surface area contributed by atoms with E-state index in [4.69, 9.17) is 5.14 Å². The first-order chi connectivity index (χ1) is 11.3. The lowest BCUT2D eigenvalue weighted by atomic mass is 10.2. The molecule has 0 bridgehead atoms. The van der Waals surface area contributed by atoms with E-state index in [1.165, 1.54) is 18.3 Å². The summed E-state index contributed by atoms with van der Waals surface area (Å²) >= 11 is 1.61. The fourth-order valence-electron chi connectivity index (χ4n) is 1.80. The number of anilines is 1. The lowest BCUT2D eigenvalue weighted by Gasteiger charge is -2.04. The molecule has 0 spiro atoms. The topological polar surface area (TPSA) is 128 Å². The first-order valence-corrected chi connectivity index (χ1v) is 9.33. The maximum absolute atomic E-state index is 11.3. The van der Waals surface area contributed by atoms with E-state index in [1.54, 1.807) is 11.8 Å². The highest BCUT2D eigenvalue weighted by atomic mass is 32.2. The number of nitrogens with one attached hydrogen (secondary N) is 1. The number of nitro groups is 1. The molecule has 0 fully saturated rings. The molecule has 0 saturated carbocycles. The SMILES string of the molecule is CSc1ccc(C=NNc2ccc(S(N)(=O)=O)cc2[N+](=O)[O-])cc1. The summed E-state index contributed by atoms with van der Waals surface area (Å²) in [6, 6.07) is 10.9. The fourth-order valence-corrected chi connectivity index (χ4v) is 2.74. The zero-order valence-corrected chi connectivity index (χ0v) is 14.2. The molecule has 0 amide bonds. The van der Waals surface area contributed by atoms with Gasteiger partial charge in [-0.1, -0.05) is 12.1 Å². The molecule has 0 aliphatic heterocycles. The molecule has 3 N–H and O–H groups in total. The molecule has 2 aromatic carbocycles. The van der Waals surface area contributed by atoms with Gasteiger partial charge in [0, 0.05) is 11.0 Å². The number of primary sulfonamides is 1. The highest BCUT2D eigenvalue weighted by molar-refractivity contribution is 7.98. The number of nitrogens with zero attached hydrogens (tertiary/aromatic N) is 2. The molecule has 2 aromatic rings. The van der Waals surface area contributed by atoms with Crippen molar-refractivity contribution in [2.24, 2.45) is 10.2 Å². The normalized spacial score (nSPS) is 11.6. The molecule has 0 saturated heterocycles. The molecule has 0 aliphatic rings. The van der Waals surface area contributed by atoms with E-state index in [-0.39, 0.29) is 10.6 Å². The number of hydrogen-bond donors (Lipinski definition) is 2. The van der Waals surface area contributed by atoms with Crippen molar-refractivity contribution in [2.75, 3.05) is 11.7 Å². The number of hydrazone groups is 1. The summed E-state index contributed by atoms with van der Waals surface area (Å²) in [6.45, 7) is 0. The Morgan fingerprint density at radius 3 is 2.46 bits per heavy atom. The van der Waals surface area contributed by atoms with Crippen LogP contribution in [0.3, 0.4) is 0 Å². The van der Waals surface area contributed by atoms with Crippen molar-refractivity contribution in [2.45, 2.75) is 9.79 Å². The van der Waals surface area contributed by atoms with Crippen molar-refractivity contribution in [1.82, 2.24) is 0 Å². The number of hydrogen-bond acceptors (Lipinski definition) is 7. The van der Waals surface area contributed by atoms with Crippen LogP contribution in [-0.4, -0.2) is 25.8 Å². The van der Waals surface area contributed by atoms with Gasteiger partial charge in [0.25, 0.3) is 5.69 Å². The van der Waals surface area contributed by atoms with Gasteiger partial charge in [-0.15, -0.1) is 11.8 Å². The first kappa shape index (κ1) is 17.9. The summed E-state index contributed by atoms with van der Waals surface area (Å²) in [4.78, 5) is 11.1. The number of benzene rings is 2. The highest BCUT2D eigenvalue weighted by Crippen LogP contribution is 2.27.